The van der Waals surface area contributed by atoms with E-state index in [0.717, 1.165) is 11.1 Å². The molecule has 0 fully saturated rings. The van der Waals surface area contributed by atoms with Gasteiger partial charge < -0.3 is 14.7 Å². The molecule has 5 heteroatoms. The summed E-state index contributed by atoms with van der Waals surface area (Å²) in [5.74, 6) is -0.936. The second-order valence-corrected chi connectivity index (χ2v) is 6.66. The minimum atomic E-state index is -0.642. The molecular formula is C24H23NO4. The number of esters is 1. The number of hydrogen-bond donors (Lipinski definition) is 1. The van der Waals surface area contributed by atoms with Crippen LogP contribution in [-0.4, -0.2) is 35.0 Å². The first kappa shape index (κ1) is 20.1. The van der Waals surface area contributed by atoms with Crippen LogP contribution >= 0.6 is 0 Å². The van der Waals surface area contributed by atoms with E-state index in [1.165, 1.54) is 18.2 Å². The van der Waals surface area contributed by atoms with E-state index >= 15 is 0 Å². The van der Waals surface area contributed by atoms with Gasteiger partial charge in [0.15, 0.2) is 6.61 Å². The predicted molar refractivity (Wildman–Crippen MR) is 110 cm³/mol. The Balaban J connectivity index is 1.63. The molecule has 0 aromatic heterocycles. The molecule has 0 bridgehead atoms. The average molecular weight is 389 g/mol. The zero-order chi connectivity index (χ0) is 20.5. The molecule has 0 aliphatic rings. The maximum Gasteiger partial charge on any atom is 0.338 e. The van der Waals surface area contributed by atoms with Crippen LogP contribution in [0.5, 0.6) is 5.75 Å². The van der Waals surface area contributed by atoms with E-state index in [9.17, 15) is 14.7 Å². The number of aromatic hydroxyl groups is 1. The fourth-order valence-corrected chi connectivity index (χ4v) is 2.94. The number of rotatable bonds is 8. The number of amides is 1. The highest BCUT2D eigenvalue weighted by molar-refractivity contribution is 5.91. The summed E-state index contributed by atoms with van der Waals surface area (Å²) in [7, 11) is 0. The highest BCUT2D eigenvalue weighted by Gasteiger charge is 2.17. The molecule has 0 atom stereocenters. The van der Waals surface area contributed by atoms with Gasteiger partial charge in [-0.25, -0.2) is 4.79 Å². The van der Waals surface area contributed by atoms with Crippen molar-refractivity contribution in [1.82, 2.24) is 4.90 Å². The molecule has 3 aromatic rings. The van der Waals surface area contributed by atoms with Crippen LogP contribution in [0.2, 0.25) is 0 Å². The SMILES string of the molecule is O=C(OCC(=O)N(CCc1ccccc1)Cc1ccccc1)c1cccc(O)c1. The first-order chi connectivity index (χ1) is 14.1. The van der Waals surface area contributed by atoms with Gasteiger partial charge in [-0.2, -0.15) is 0 Å². The summed E-state index contributed by atoms with van der Waals surface area (Å²) in [4.78, 5) is 26.6. The summed E-state index contributed by atoms with van der Waals surface area (Å²) in [6.07, 6.45) is 0.708. The standard InChI is InChI=1S/C24H23NO4/c26-22-13-7-12-21(16-22)24(28)29-18-23(27)25(17-20-10-5-2-6-11-20)15-14-19-8-3-1-4-9-19/h1-13,16,26H,14-15,17-18H2. The van der Waals surface area contributed by atoms with Crippen molar-refractivity contribution in [2.75, 3.05) is 13.2 Å². The van der Waals surface area contributed by atoms with Crippen molar-refractivity contribution in [3.05, 3.63) is 102 Å². The quantitative estimate of drug-likeness (QED) is 0.595. The van der Waals surface area contributed by atoms with Crippen molar-refractivity contribution >= 4 is 11.9 Å². The Kier molecular flexibility index (Phi) is 7.00. The minimum Gasteiger partial charge on any atom is -0.508 e. The van der Waals surface area contributed by atoms with E-state index in [2.05, 4.69) is 0 Å². The van der Waals surface area contributed by atoms with Crippen LogP contribution in [0, 0.1) is 0 Å². The predicted octanol–water partition coefficient (Wildman–Crippen LogP) is 3.82. The maximum absolute atomic E-state index is 12.8. The number of phenolic OH excluding ortho intramolecular Hbond substituents is 1. The average Bonchev–Trinajstić information content (AvgIpc) is 2.76. The molecule has 0 spiro atoms. The van der Waals surface area contributed by atoms with Gasteiger partial charge in [-0.3, -0.25) is 4.79 Å². The van der Waals surface area contributed by atoms with Gasteiger partial charge in [0.1, 0.15) is 5.75 Å². The Morgan fingerprint density at radius 1 is 0.828 bits per heavy atom. The van der Waals surface area contributed by atoms with Gasteiger partial charge >= 0.3 is 5.97 Å². The van der Waals surface area contributed by atoms with E-state index in [1.807, 2.05) is 60.7 Å². The van der Waals surface area contributed by atoms with Crippen molar-refractivity contribution in [3.8, 4) is 5.75 Å². The van der Waals surface area contributed by atoms with Gasteiger partial charge in [-0.05, 0) is 35.7 Å². The van der Waals surface area contributed by atoms with Crippen LogP contribution in [0.1, 0.15) is 21.5 Å². The normalized spacial score (nSPS) is 10.3. The number of carbonyl (C=O) groups is 2. The van der Waals surface area contributed by atoms with Crippen LogP contribution < -0.4 is 0 Å². The van der Waals surface area contributed by atoms with E-state index in [0.29, 0.717) is 19.5 Å². The van der Waals surface area contributed by atoms with Crippen LogP contribution in [-0.2, 0) is 22.5 Å². The molecule has 1 N–H and O–H groups in total. The molecule has 0 radical (unpaired) electrons. The fraction of sp³-hybridized carbons (Fsp3) is 0.167. The van der Waals surface area contributed by atoms with E-state index in [-0.39, 0.29) is 23.8 Å². The summed E-state index contributed by atoms with van der Waals surface area (Å²) in [6, 6.07) is 25.5. The third-order valence-corrected chi connectivity index (χ3v) is 4.49. The van der Waals surface area contributed by atoms with Crippen molar-refractivity contribution in [1.29, 1.82) is 0 Å². The van der Waals surface area contributed by atoms with Crippen LogP contribution in [0.25, 0.3) is 0 Å². The molecule has 0 aliphatic carbocycles. The van der Waals surface area contributed by atoms with Gasteiger partial charge in [0.05, 0.1) is 5.56 Å². The Morgan fingerprint density at radius 3 is 2.14 bits per heavy atom. The van der Waals surface area contributed by atoms with Gasteiger partial charge in [-0.1, -0.05) is 66.7 Å². The monoisotopic (exact) mass is 389 g/mol. The molecule has 0 unspecified atom stereocenters. The number of hydrogen-bond acceptors (Lipinski definition) is 4. The summed E-state index contributed by atoms with van der Waals surface area (Å²) in [5, 5.41) is 9.49. The van der Waals surface area contributed by atoms with Crippen LogP contribution in [0.3, 0.4) is 0 Å². The van der Waals surface area contributed by atoms with Crippen LogP contribution in [0.15, 0.2) is 84.9 Å². The first-order valence-electron chi connectivity index (χ1n) is 9.43. The summed E-state index contributed by atoms with van der Waals surface area (Å²) >= 11 is 0. The summed E-state index contributed by atoms with van der Waals surface area (Å²) < 4.78 is 5.17. The molecule has 0 heterocycles. The van der Waals surface area contributed by atoms with Crippen molar-refractivity contribution in [2.24, 2.45) is 0 Å². The van der Waals surface area contributed by atoms with Gasteiger partial charge in [0.25, 0.3) is 5.91 Å². The molecule has 0 saturated heterocycles. The lowest BCUT2D eigenvalue weighted by Crippen LogP contribution is -2.35. The van der Waals surface area contributed by atoms with Gasteiger partial charge in [0.2, 0.25) is 0 Å². The highest BCUT2D eigenvalue weighted by Crippen LogP contribution is 2.12. The Morgan fingerprint density at radius 2 is 1.48 bits per heavy atom. The van der Waals surface area contributed by atoms with Crippen molar-refractivity contribution < 1.29 is 19.4 Å². The molecule has 29 heavy (non-hydrogen) atoms. The van der Waals surface area contributed by atoms with Gasteiger partial charge in [0, 0.05) is 13.1 Å². The first-order valence-corrected chi connectivity index (χ1v) is 9.43. The van der Waals surface area contributed by atoms with Crippen LogP contribution in [0.4, 0.5) is 0 Å². The minimum absolute atomic E-state index is 0.0284. The smallest absolute Gasteiger partial charge is 0.338 e. The number of benzene rings is 3. The largest absolute Gasteiger partial charge is 0.508 e. The molecule has 0 aliphatic heterocycles. The Hall–Kier alpha value is -3.60. The zero-order valence-electron chi connectivity index (χ0n) is 16.0. The Bertz CT molecular complexity index is 941. The fourth-order valence-electron chi connectivity index (χ4n) is 2.94. The second-order valence-electron chi connectivity index (χ2n) is 6.66. The Labute approximate surface area is 170 Å². The molecule has 5 nitrogen and oxygen atoms in total. The molecular weight excluding hydrogens is 366 g/mol. The summed E-state index contributed by atoms with van der Waals surface area (Å²) in [5.41, 5.74) is 2.35. The van der Waals surface area contributed by atoms with E-state index in [1.54, 1.807) is 11.0 Å². The third-order valence-electron chi connectivity index (χ3n) is 4.49. The molecule has 148 valence electrons. The lowest BCUT2D eigenvalue weighted by Gasteiger charge is -2.23. The zero-order valence-corrected chi connectivity index (χ0v) is 16.0. The third kappa shape index (κ3) is 6.21. The number of phenols is 1. The molecule has 3 aromatic carbocycles. The lowest BCUT2D eigenvalue weighted by molar-refractivity contribution is -0.135. The van der Waals surface area contributed by atoms with Gasteiger partial charge in [-0.15, -0.1) is 0 Å². The van der Waals surface area contributed by atoms with E-state index in [4.69, 9.17) is 4.74 Å². The topological polar surface area (TPSA) is 66.8 Å². The molecule has 1 amide bonds. The van der Waals surface area contributed by atoms with E-state index < -0.39 is 5.97 Å². The maximum atomic E-state index is 12.8. The molecule has 0 saturated carbocycles. The second kappa shape index (κ2) is 10.1. The highest BCUT2D eigenvalue weighted by atomic mass is 16.5. The molecule has 3 rings (SSSR count). The number of carbonyl (C=O) groups excluding carboxylic acids is 2. The lowest BCUT2D eigenvalue weighted by atomic mass is 10.1. The number of ether oxygens (including phenoxy) is 1. The number of nitrogens with zero attached hydrogens (tertiary/aromatic N) is 1. The van der Waals surface area contributed by atoms with Crippen molar-refractivity contribution in [3.63, 3.8) is 0 Å². The van der Waals surface area contributed by atoms with Crippen molar-refractivity contribution in [2.45, 2.75) is 13.0 Å². The summed E-state index contributed by atoms with van der Waals surface area (Å²) in [6.45, 7) is 0.605.